The zero-order valence-electron chi connectivity index (χ0n) is 11.9. The van der Waals surface area contributed by atoms with Crippen molar-refractivity contribution in [3.05, 3.63) is 70.5 Å². The first-order chi connectivity index (χ1) is 10.2. The fourth-order valence-corrected chi connectivity index (χ4v) is 4.01. The minimum atomic E-state index is 0.311. The first-order valence-electron chi connectivity index (χ1n) is 7.37. The molecule has 4 rings (SSSR count). The maximum atomic E-state index is 6.26. The Bertz CT molecular complexity index is 709. The van der Waals surface area contributed by atoms with E-state index < -0.39 is 0 Å². The predicted molar refractivity (Wildman–Crippen MR) is 86.8 cm³/mol. The molecule has 1 aliphatic heterocycles. The van der Waals surface area contributed by atoms with E-state index in [1.54, 1.807) is 0 Å². The van der Waals surface area contributed by atoms with Crippen LogP contribution >= 0.6 is 11.6 Å². The Morgan fingerprint density at radius 2 is 2.24 bits per heavy atom. The number of aromatic nitrogens is 1. The van der Waals surface area contributed by atoms with Gasteiger partial charge in [0.05, 0.1) is 6.04 Å². The quantitative estimate of drug-likeness (QED) is 0.759. The molecule has 106 valence electrons. The molecule has 1 aliphatic carbocycles. The minimum Gasteiger partial charge on any atom is -0.377 e. The summed E-state index contributed by atoms with van der Waals surface area (Å²) in [4.78, 5) is 4.29. The molecule has 0 spiro atoms. The van der Waals surface area contributed by atoms with Crippen LogP contribution in [0.4, 0.5) is 5.69 Å². The van der Waals surface area contributed by atoms with E-state index in [0.717, 1.165) is 11.4 Å². The van der Waals surface area contributed by atoms with Gasteiger partial charge in [-0.1, -0.05) is 29.8 Å². The van der Waals surface area contributed by atoms with Gasteiger partial charge in [0.2, 0.25) is 0 Å². The topological polar surface area (TPSA) is 24.9 Å². The Labute approximate surface area is 129 Å². The molecule has 0 bridgehead atoms. The summed E-state index contributed by atoms with van der Waals surface area (Å²) in [6, 6.07) is 8.64. The number of allylic oxidation sites excluding steroid dienone is 2. The molecular formula is C18H17ClN2. The number of hydrogen-bond donors (Lipinski definition) is 1. The molecule has 0 radical (unpaired) electrons. The Morgan fingerprint density at radius 3 is 3.05 bits per heavy atom. The molecule has 1 N–H and O–H groups in total. The summed E-state index contributed by atoms with van der Waals surface area (Å²) in [5, 5.41) is 4.57. The van der Waals surface area contributed by atoms with Crippen molar-refractivity contribution in [1.82, 2.24) is 4.98 Å². The summed E-state index contributed by atoms with van der Waals surface area (Å²) >= 11 is 6.26. The number of anilines is 1. The maximum absolute atomic E-state index is 6.26. The van der Waals surface area contributed by atoms with Crippen LogP contribution in [-0.2, 0) is 0 Å². The van der Waals surface area contributed by atoms with Gasteiger partial charge in [0.1, 0.15) is 0 Å². The van der Waals surface area contributed by atoms with Crippen LogP contribution in [0.25, 0.3) is 0 Å². The van der Waals surface area contributed by atoms with E-state index in [4.69, 9.17) is 11.6 Å². The number of halogens is 1. The molecule has 21 heavy (non-hydrogen) atoms. The van der Waals surface area contributed by atoms with E-state index in [1.165, 1.54) is 22.4 Å². The van der Waals surface area contributed by atoms with Crippen LogP contribution < -0.4 is 5.32 Å². The molecule has 1 aromatic carbocycles. The van der Waals surface area contributed by atoms with E-state index in [2.05, 4.69) is 41.5 Å². The van der Waals surface area contributed by atoms with Gasteiger partial charge in [-0.15, -0.1) is 0 Å². The van der Waals surface area contributed by atoms with E-state index >= 15 is 0 Å². The monoisotopic (exact) mass is 296 g/mol. The number of hydrogen-bond acceptors (Lipinski definition) is 2. The van der Waals surface area contributed by atoms with Crippen molar-refractivity contribution in [3.63, 3.8) is 0 Å². The molecule has 1 aromatic heterocycles. The van der Waals surface area contributed by atoms with E-state index in [9.17, 15) is 0 Å². The van der Waals surface area contributed by atoms with Gasteiger partial charge in [0.15, 0.2) is 0 Å². The van der Waals surface area contributed by atoms with Crippen molar-refractivity contribution in [1.29, 1.82) is 0 Å². The van der Waals surface area contributed by atoms with Gasteiger partial charge in [-0.2, -0.15) is 0 Å². The zero-order valence-corrected chi connectivity index (χ0v) is 12.6. The largest absolute Gasteiger partial charge is 0.377 e. The van der Waals surface area contributed by atoms with Gasteiger partial charge in [-0.05, 0) is 54.2 Å². The Kier molecular flexibility index (Phi) is 3.00. The SMILES string of the molecule is Cc1cc(Cl)cc2c1N[C@@H](c1cccnc1)C1CC=CC21. The molecule has 0 saturated carbocycles. The lowest BCUT2D eigenvalue weighted by atomic mass is 9.76. The van der Waals surface area contributed by atoms with Crippen LogP contribution in [0.5, 0.6) is 0 Å². The number of rotatable bonds is 1. The molecule has 0 saturated heterocycles. The maximum Gasteiger partial charge on any atom is 0.0569 e. The molecule has 2 nitrogen and oxygen atoms in total. The normalized spacial score (nSPS) is 26.1. The average molecular weight is 297 g/mol. The summed E-state index contributed by atoms with van der Waals surface area (Å²) in [7, 11) is 0. The van der Waals surface area contributed by atoms with Crippen LogP contribution in [0.1, 0.15) is 35.1 Å². The number of fused-ring (bicyclic) bond motifs is 3. The lowest BCUT2D eigenvalue weighted by Gasteiger charge is -2.38. The molecule has 2 aliphatic rings. The second-order valence-corrected chi connectivity index (χ2v) is 6.39. The number of nitrogens with one attached hydrogen (secondary N) is 1. The van der Waals surface area contributed by atoms with Crippen molar-refractivity contribution < 1.29 is 0 Å². The van der Waals surface area contributed by atoms with Crippen LogP contribution in [-0.4, -0.2) is 4.98 Å². The molecule has 3 atom stereocenters. The smallest absolute Gasteiger partial charge is 0.0569 e. The van der Waals surface area contributed by atoms with Gasteiger partial charge >= 0.3 is 0 Å². The average Bonchev–Trinajstić information content (AvgIpc) is 2.97. The summed E-state index contributed by atoms with van der Waals surface area (Å²) in [5.74, 6) is 0.989. The minimum absolute atomic E-state index is 0.311. The fourth-order valence-electron chi connectivity index (χ4n) is 3.73. The predicted octanol–water partition coefficient (Wildman–Crippen LogP) is 4.87. The summed E-state index contributed by atoms with van der Waals surface area (Å²) in [6.45, 7) is 2.12. The third-order valence-electron chi connectivity index (χ3n) is 4.67. The lowest BCUT2D eigenvalue weighted by Crippen LogP contribution is -2.29. The highest BCUT2D eigenvalue weighted by Gasteiger charge is 2.38. The number of pyridine rings is 1. The highest BCUT2D eigenvalue weighted by Crippen LogP contribution is 2.51. The first-order valence-corrected chi connectivity index (χ1v) is 7.75. The highest BCUT2D eigenvalue weighted by atomic mass is 35.5. The molecule has 2 unspecified atom stereocenters. The second-order valence-electron chi connectivity index (χ2n) is 5.95. The van der Waals surface area contributed by atoms with Gasteiger partial charge < -0.3 is 5.32 Å². The van der Waals surface area contributed by atoms with Crippen LogP contribution in [0.15, 0.2) is 48.8 Å². The van der Waals surface area contributed by atoms with Gasteiger partial charge in [-0.3, -0.25) is 4.98 Å². The lowest BCUT2D eigenvalue weighted by molar-refractivity contribution is 0.424. The summed E-state index contributed by atoms with van der Waals surface area (Å²) in [6.07, 6.45) is 9.54. The second kappa shape index (κ2) is 4.88. The Hall–Kier alpha value is -1.80. The Balaban J connectivity index is 1.84. The van der Waals surface area contributed by atoms with Crippen LogP contribution in [0.2, 0.25) is 5.02 Å². The van der Waals surface area contributed by atoms with Gasteiger partial charge in [-0.25, -0.2) is 0 Å². The zero-order chi connectivity index (χ0) is 14.4. The summed E-state index contributed by atoms with van der Waals surface area (Å²) in [5.41, 5.74) is 5.04. The molecule has 3 heteroatoms. The van der Waals surface area contributed by atoms with Crippen molar-refractivity contribution >= 4 is 17.3 Å². The standard InChI is InChI=1S/C18H17ClN2/c1-11-8-13(19)9-16-14-5-2-6-15(14)18(21-17(11)16)12-4-3-7-20-10-12/h2-5,7-10,14-15,18,21H,6H2,1H3/t14?,15?,18-/m0/s1. The number of aryl methyl sites for hydroxylation is 1. The third-order valence-corrected chi connectivity index (χ3v) is 4.89. The summed E-state index contributed by atoms with van der Waals surface area (Å²) < 4.78 is 0. The van der Waals surface area contributed by atoms with E-state index in [-0.39, 0.29) is 0 Å². The van der Waals surface area contributed by atoms with E-state index in [1.807, 2.05) is 24.5 Å². The van der Waals surface area contributed by atoms with E-state index in [0.29, 0.717) is 17.9 Å². The molecule has 2 aromatic rings. The number of benzene rings is 1. The molecular weight excluding hydrogens is 280 g/mol. The highest BCUT2D eigenvalue weighted by molar-refractivity contribution is 6.30. The van der Waals surface area contributed by atoms with Gasteiger partial charge in [0, 0.05) is 29.0 Å². The van der Waals surface area contributed by atoms with Crippen molar-refractivity contribution in [2.45, 2.75) is 25.3 Å². The fraction of sp³-hybridized carbons (Fsp3) is 0.278. The van der Waals surface area contributed by atoms with Crippen LogP contribution in [0.3, 0.4) is 0 Å². The van der Waals surface area contributed by atoms with Crippen molar-refractivity contribution in [3.8, 4) is 0 Å². The molecule has 0 fully saturated rings. The van der Waals surface area contributed by atoms with Crippen molar-refractivity contribution in [2.24, 2.45) is 5.92 Å². The first kappa shape index (κ1) is 12.9. The molecule has 0 amide bonds. The van der Waals surface area contributed by atoms with Gasteiger partial charge in [0.25, 0.3) is 0 Å². The molecule has 2 heterocycles. The third kappa shape index (κ3) is 2.06. The number of nitrogens with zero attached hydrogens (tertiary/aromatic N) is 1. The van der Waals surface area contributed by atoms with Crippen molar-refractivity contribution in [2.75, 3.05) is 5.32 Å². The Morgan fingerprint density at radius 1 is 1.33 bits per heavy atom. The van der Waals surface area contributed by atoms with Crippen LogP contribution in [0, 0.1) is 12.8 Å².